The standard InChI is InChI=1S/C24H28N4O2S/c29-24(28-17-15-27(16-18-28)14-9-21-2-1-11-26-21)30-22-5-3-20(4-6-22)10-19-31-23-7-12-25-13-8-23/h1-8,11-13,26H,9-10,14-19H2. The number of aromatic amines is 1. The van der Waals surface area contributed by atoms with Gasteiger partial charge in [-0.25, -0.2) is 4.79 Å². The molecule has 1 aliphatic heterocycles. The molecule has 2 aromatic heterocycles. The minimum absolute atomic E-state index is 0.259. The molecular weight excluding hydrogens is 408 g/mol. The van der Waals surface area contributed by atoms with E-state index >= 15 is 0 Å². The van der Waals surface area contributed by atoms with E-state index < -0.39 is 0 Å². The largest absolute Gasteiger partial charge is 0.415 e. The van der Waals surface area contributed by atoms with Crippen LogP contribution in [0.15, 0.2) is 72.0 Å². The number of aromatic nitrogens is 2. The second kappa shape index (κ2) is 11.0. The van der Waals surface area contributed by atoms with Crippen LogP contribution >= 0.6 is 11.8 Å². The molecule has 1 fully saturated rings. The number of ether oxygens (including phenoxy) is 1. The molecule has 0 radical (unpaired) electrons. The van der Waals surface area contributed by atoms with E-state index in [1.165, 1.54) is 16.2 Å². The molecule has 3 aromatic rings. The smallest absolute Gasteiger partial charge is 0.410 e. The first-order valence-corrected chi connectivity index (χ1v) is 11.7. The van der Waals surface area contributed by atoms with E-state index in [-0.39, 0.29) is 6.09 Å². The maximum atomic E-state index is 12.5. The van der Waals surface area contributed by atoms with Crippen molar-refractivity contribution in [3.63, 3.8) is 0 Å². The summed E-state index contributed by atoms with van der Waals surface area (Å²) in [6.45, 7) is 4.17. The van der Waals surface area contributed by atoms with E-state index in [4.69, 9.17) is 4.74 Å². The Hall–Kier alpha value is -2.77. The normalized spacial score (nSPS) is 14.5. The summed E-state index contributed by atoms with van der Waals surface area (Å²) in [5.41, 5.74) is 2.48. The number of rotatable bonds is 8. The SMILES string of the molecule is O=C(Oc1ccc(CCSc2ccncc2)cc1)N1CCN(CCc2ccc[nH]2)CC1. The summed E-state index contributed by atoms with van der Waals surface area (Å²) in [6, 6.07) is 16.0. The van der Waals surface area contributed by atoms with Crippen LogP contribution < -0.4 is 4.74 Å². The molecular formula is C24H28N4O2S. The predicted octanol–water partition coefficient (Wildman–Crippen LogP) is 4.10. The van der Waals surface area contributed by atoms with Gasteiger partial charge in [0.25, 0.3) is 0 Å². The Balaban J connectivity index is 1.16. The molecule has 0 aliphatic carbocycles. The van der Waals surface area contributed by atoms with E-state index in [1.54, 1.807) is 4.90 Å². The van der Waals surface area contributed by atoms with Gasteiger partial charge in [-0.2, -0.15) is 0 Å². The molecule has 0 bridgehead atoms. The summed E-state index contributed by atoms with van der Waals surface area (Å²) < 4.78 is 5.59. The van der Waals surface area contributed by atoms with Gasteiger partial charge >= 0.3 is 6.09 Å². The number of pyridine rings is 1. The molecule has 4 rings (SSSR count). The number of nitrogens with zero attached hydrogens (tertiary/aromatic N) is 3. The number of nitrogens with one attached hydrogen (secondary N) is 1. The second-order valence-electron chi connectivity index (χ2n) is 7.57. The first-order valence-electron chi connectivity index (χ1n) is 10.7. The zero-order chi connectivity index (χ0) is 21.3. The number of amides is 1. The zero-order valence-electron chi connectivity index (χ0n) is 17.6. The summed E-state index contributed by atoms with van der Waals surface area (Å²) in [5.74, 6) is 1.60. The van der Waals surface area contributed by atoms with Gasteiger partial charge in [-0.3, -0.25) is 9.88 Å². The molecule has 0 saturated carbocycles. The van der Waals surface area contributed by atoms with Gasteiger partial charge in [-0.05, 0) is 48.4 Å². The van der Waals surface area contributed by atoms with Crippen LogP contribution in [0.25, 0.3) is 0 Å². The van der Waals surface area contributed by atoms with Gasteiger partial charge in [0.05, 0.1) is 0 Å². The number of carbonyl (C=O) groups excluding carboxylic acids is 1. The highest BCUT2D eigenvalue weighted by molar-refractivity contribution is 7.99. The fraction of sp³-hybridized carbons (Fsp3) is 0.333. The van der Waals surface area contributed by atoms with Gasteiger partial charge < -0.3 is 14.6 Å². The van der Waals surface area contributed by atoms with Crippen LogP contribution in [0.3, 0.4) is 0 Å². The molecule has 1 aliphatic rings. The monoisotopic (exact) mass is 436 g/mol. The van der Waals surface area contributed by atoms with Gasteiger partial charge in [-0.15, -0.1) is 11.8 Å². The summed E-state index contributed by atoms with van der Waals surface area (Å²) >= 11 is 1.81. The minimum Gasteiger partial charge on any atom is -0.410 e. The van der Waals surface area contributed by atoms with Crippen LogP contribution in [-0.4, -0.2) is 64.3 Å². The first kappa shape index (κ1) is 21.5. The number of piperazine rings is 1. The molecule has 1 saturated heterocycles. The van der Waals surface area contributed by atoms with E-state index in [0.29, 0.717) is 18.8 Å². The van der Waals surface area contributed by atoms with Crippen molar-refractivity contribution in [2.24, 2.45) is 0 Å². The number of hydrogen-bond acceptors (Lipinski definition) is 5. The van der Waals surface area contributed by atoms with E-state index in [2.05, 4.69) is 20.9 Å². The van der Waals surface area contributed by atoms with Crippen LogP contribution in [-0.2, 0) is 12.8 Å². The Kier molecular flexibility index (Phi) is 7.63. The lowest BCUT2D eigenvalue weighted by Crippen LogP contribution is -2.49. The average molecular weight is 437 g/mol. The molecule has 0 unspecified atom stereocenters. The van der Waals surface area contributed by atoms with Crippen molar-refractivity contribution in [1.82, 2.24) is 19.8 Å². The number of carbonyl (C=O) groups is 1. The van der Waals surface area contributed by atoms with Crippen molar-refractivity contribution >= 4 is 17.9 Å². The van der Waals surface area contributed by atoms with Gasteiger partial charge in [0.15, 0.2) is 0 Å². The van der Waals surface area contributed by atoms with Crippen molar-refractivity contribution in [2.45, 2.75) is 17.7 Å². The van der Waals surface area contributed by atoms with E-state index in [9.17, 15) is 4.79 Å². The maximum absolute atomic E-state index is 12.5. The van der Waals surface area contributed by atoms with Crippen LogP contribution in [0.5, 0.6) is 5.75 Å². The molecule has 7 heteroatoms. The fourth-order valence-electron chi connectivity index (χ4n) is 3.57. The molecule has 6 nitrogen and oxygen atoms in total. The summed E-state index contributed by atoms with van der Waals surface area (Å²) in [6.07, 6.45) is 7.29. The Bertz CT molecular complexity index is 924. The van der Waals surface area contributed by atoms with Crippen molar-refractivity contribution < 1.29 is 9.53 Å². The van der Waals surface area contributed by atoms with Crippen LogP contribution in [0, 0.1) is 0 Å². The highest BCUT2D eigenvalue weighted by Gasteiger charge is 2.22. The molecule has 1 amide bonds. The third-order valence-electron chi connectivity index (χ3n) is 5.43. The molecule has 31 heavy (non-hydrogen) atoms. The minimum atomic E-state index is -0.259. The van der Waals surface area contributed by atoms with Crippen LogP contribution in [0.1, 0.15) is 11.3 Å². The third-order valence-corrected chi connectivity index (χ3v) is 6.44. The highest BCUT2D eigenvalue weighted by Crippen LogP contribution is 2.20. The lowest BCUT2D eigenvalue weighted by molar-refractivity contribution is 0.111. The van der Waals surface area contributed by atoms with Gasteiger partial charge in [0, 0.05) is 74.1 Å². The summed E-state index contributed by atoms with van der Waals surface area (Å²) in [5, 5.41) is 0. The predicted molar refractivity (Wildman–Crippen MR) is 124 cm³/mol. The number of hydrogen-bond donors (Lipinski definition) is 1. The van der Waals surface area contributed by atoms with Gasteiger partial charge in [-0.1, -0.05) is 12.1 Å². The fourth-order valence-corrected chi connectivity index (χ4v) is 4.45. The lowest BCUT2D eigenvalue weighted by Gasteiger charge is -2.33. The van der Waals surface area contributed by atoms with Crippen molar-refractivity contribution in [3.8, 4) is 5.75 Å². The number of aryl methyl sites for hydroxylation is 1. The lowest BCUT2D eigenvalue weighted by atomic mass is 10.2. The van der Waals surface area contributed by atoms with Crippen molar-refractivity contribution in [1.29, 1.82) is 0 Å². The second-order valence-corrected chi connectivity index (χ2v) is 8.74. The molecule has 3 heterocycles. The summed E-state index contributed by atoms with van der Waals surface area (Å²) in [4.78, 5) is 25.2. The van der Waals surface area contributed by atoms with Crippen molar-refractivity contribution in [3.05, 3.63) is 78.4 Å². The first-order chi connectivity index (χ1) is 15.3. The van der Waals surface area contributed by atoms with E-state index in [0.717, 1.165) is 38.2 Å². The van der Waals surface area contributed by atoms with Gasteiger partial charge in [0.2, 0.25) is 0 Å². The highest BCUT2D eigenvalue weighted by atomic mass is 32.2. The zero-order valence-corrected chi connectivity index (χ0v) is 18.4. The average Bonchev–Trinajstić information content (AvgIpc) is 3.34. The Labute approximate surface area is 187 Å². The molecule has 1 N–H and O–H groups in total. The van der Waals surface area contributed by atoms with Gasteiger partial charge in [0.1, 0.15) is 5.75 Å². The topological polar surface area (TPSA) is 61.5 Å². The summed E-state index contributed by atoms with van der Waals surface area (Å²) in [7, 11) is 0. The quantitative estimate of drug-likeness (QED) is 0.539. The Morgan fingerprint density at radius 3 is 2.48 bits per heavy atom. The van der Waals surface area contributed by atoms with Crippen LogP contribution in [0.4, 0.5) is 4.79 Å². The number of benzene rings is 1. The Morgan fingerprint density at radius 1 is 1.00 bits per heavy atom. The number of thioether (sulfide) groups is 1. The van der Waals surface area contributed by atoms with Crippen molar-refractivity contribution in [2.75, 3.05) is 38.5 Å². The Morgan fingerprint density at radius 2 is 1.77 bits per heavy atom. The molecule has 1 aromatic carbocycles. The van der Waals surface area contributed by atoms with Crippen LogP contribution in [0.2, 0.25) is 0 Å². The van der Waals surface area contributed by atoms with E-state index in [1.807, 2.05) is 72.8 Å². The molecule has 0 atom stereocenters. The molecule has 162 valence electrons. The third kappa shape index (κ3) is 6.60. The molecule has 0 spiro atoms. The maximum Gasteiger partial charge on any atom is 0.415 e. The number of H-pyrrole nitrogens is 1.